The largest absolute Gasteiger partial charge is 0.279 e. The molecule has 2 aromatic rings. The Hall–Kier alpha value is -1.26. The van der Waals surface area contributed by atoms with E-state index in [1.165, 1.54) is 0 Å². The van der Waals surface area contributed by atoms with Gasteiger partial charge in [-0.15, -0.1) is 5.14 Å². The summed E-state index contributed by atoms with van der Waals surface area (Å²) in [4.78, 5) is 4.10. The summed E-state index contributed by atoms with van der Waals surface area (Å²) in [6.07, 6.45) is 0. The molecule has 1 aromatic heterocycles. The molecule has 1 unspecified atom stereocenters. The van der Waals surface area contributed by atoms with Crippen molar-refractivity contribution in [2.75, 3.05) is 5.14 Å². The predicted octanol–water partition coefficient (Wildman–Crippen LogP) is 1.61. The van der Waals surface area contributed by atoms with E-state index in [1.807, 2.05) is 30.3 Å². The number of rotatable bonds is 1. The monoisotopic (exact) mass is 178 g/mol. The van der Waals surface area contributed by atoms with Crippen molar-refractivity contribution in [3.63, 3.8) is 0 Å². The van der Waals surface area contributed by atoms with Gasteiger partial charge in [0.05, 0.1) is 0 Å². The van der Waals surface area contributed by atoms with Gasteiger partial charge in [-0.2, -0.15) is 4.98 Å². The van der Waals surface area contributed by atoms with Gasteiger partial charge in [-0.1, -0.05) is 30.3 Å². The molecule has 1 aromatic carbocycles. The number of aromatic nitrogens is 2. The van der Waals surface area contributed by atoms with E-state index in [1.54, 1.807) is 5.51 Å². The van der Waals surface area contributed by atoms with Crippen LogP contribution in [0.3, 0.4) is 0 Å². The van der Waals surface area contributed by atoms with Crippen LogP contribution >= 0.6 is 10.9 Å². The van der Waals surface area contributed by atoms with E-state index in [4.69, 9.17) is 5.14 Å². The van der Waals surface area contributed by atoms with Gasteiger partial charge < -0.3 is 0 Å². The Kier molecular flexibility index (Phi) is 1.85. The molecule has 0 aliphatic carbocycles. The smallest absolute Gasteiger partial charge is 0.176 e. The minimum absolute atomic E-state index is 0.507. The standard InChI is InChI=1S/C8H7N3S/c9-12-6-10-8(11-12)7-4-2-1-3-5-7/h1-6,9H/p+1. The van der Waals surface area contributed by atoms with Crippen molar-refractivity contribution in [2.45, 2.75) is 0 Å². The van der Waals surface area contributed by atoms with Gasteiger partial charge in [-0.05, 0) is 0 Å². The van der Waals surface area contributed by atoms with Gasteiger partial charge in [0.25, 0.3) is 5.51 Å². The highest BCUT2D eigenvalue weighted by Gasteiger charge is 2.08. The molecule has 12 heavy (non-hydrogen) atoms. The number of nitrogens with zero attached hydrogens (tertiary/aromatic N) is 2. The van der Waals surface area contributed by atoms with Crippen molar-refractivity contribution in [2.24, 2.45) is 0 Å². The maximum atomic E-state index is 5.55. The van der Waals surface area contributed by atoms with Crippen molar-refractivity contribution in [1.82, 2.24) is 9.36 Å². The molecule has 1 atom stereocenters. The third-order valence-corrected chi connectivity index (χ3v) is 2.21. The Morgan fingerprint density at radius 1 is 1.17 bits per heavy atom. The zero-order chi connectivity index (χ0) is 8.39. The van der Waals surface area contributed by atoms with E-state index in [9.17, 15) is 0 Å². The maximum Gasteiger partial charge on any atom is 0.279 e. The minimum Gasteiger partial charge on any atom is -0.176 e. The maximum absolute atomic E-state index is 5.55. The predicted molar refractivity (Wildman–Crippen MR) is 50.1 cm³/mol. The van der Waals surface area contributed by atoms with Crippen LogP contribution in [0.15, 0.2) is 35.8 Å². The second kappa shape index (κ2) is 3.00. The summed E-state index contributed by atoms with van der Waals surface area (Å²) >= 11 is 0. The summed E-state index contributed by atoms with van der Waals surface area (Å²) in [6.45, 7) is 0. The summed E-state index contributed by atoms with van der Waals surface area (Å²) in [7, 11) is -0.507. The molecule has 0 radical (unpaired) electrons. The molecule has 0 bridgehead atoms. The highest BCUT2D eigenvalue weighted by atomic mass is 32.2. The van der Waals surface area contributed by atoms with Crippen LogP contribution in [0.2, 0.25) is 0 Å². The molecular weight excluding hydrogens is 170 g/mol. The Balaban J connectivity index is 2.45. The normalized spacial score (nSPS) is 11.6. The summed E-state index contributed by atoms with van der Waals surface area (Å²) in [5.74, 6) is 0.737. The molecule has 1 heterocycles. The fourth-order valence-electron chi connectivity index (χ4n) is 0.965. The quantitative estimate of drug-likeness (QED) is 0.675. The summed E-state index contributed by atoms with van der Waals surface area (Å²) in [5, 5.41) is 5.55. The second-order valence-electron chi connectivity index (χ2n) is 2.36. The molecule has 0 saturated carbocycles. The zero-order valence-corrected chi connectivity index (χ0v) is 7.16. The Morgan fingerprint density at radius 2 is 1.92 bits per heavy atom. The lowest BCUT2D eigenvalue weighted by atomic mass is 10.2. The third-order valence-electron chi connectivity index (χ3n) is 1.51. The molecule has 0 spiro atoms. The summed E-state index contributed by atoms with van der Waals surface area (Å²) in [5.41, 5.74) is 2.69. The van der Waals surface area contributed by atoms with Gasteiger partial charge in [-0.3, -0.25) is 0 Å². The lowest BCUT2D eigenvalue weighted by molar-refractivity contribution is 1.33. The van der Waals surface area contributed by atoms with Crippen LogP contribution < -0.4 is 5.14 Å². The molecule has 0 amide bonds. The third kappa shape index (κ3) is 1.34. The molecule has 3 nitrogen and oxygen atoms in total. The SMILES string of the molecule is N[s+]1cnc(-c2ccccc2)n1. The molecule has 60 valence electrons. The molecule has 0 aliphatic heterocycles. The van der Waals surface area contributed by atoms with E-state index >= 15 is 0 Å². The van der Waals surface area contributed by atoms with Crippen LogP contribution in [-0.4, -0.2) is 9.36 Å². The van der Waals surface area contributed by atoms with Crippen LogP contribution in [0.5, 0.6) is 0 Å². The van der Waals surface area contributed by atoms with Gasteiger partial charge in [0.15, 0.2) is 0 Å². The van der Waals surface area contributed by atoms with Crippen molar-refractivity contribution >= 4 is 10.9 Å². The molecule has 0 saturated heterocycles. The van der Waals surface area contributed by atoms with Gasteiger partial charge in [-0.25, -0.2) is 0 Å². The molecule has 0 fully saturated rings. The van der Waals surface area contributed by atoms with Crippen molar-refractivity contribution in [3.8, 4) is 11.4 Å². The number of nitrogens with two attached hydrogens (primary N) is 1. The molecule has 2 rings (SSSR count). The second-order valence-corrected chi connectivity index (χ2v) is 3.45. The first-order valence-corrected chi connectivity index (χ1v) is 4.83. The van der Waals surface area contributed by atoms with E-state index in [0.29, 0.717) is 0 Å². The highest BCUT2D eigenvalue weighted by molar-refractivity contribution is 7.24. The lowest BCUT2D eigenvalue weighted by Crippen LogP contribution is -1.80. The first kappa shape index (κ1) is 7.39. The van der Waals surface area contributed by atoms with Gasteiger partial charge in [0.1, 0.15) is 0 Å². The van der Waals surface area contributed by atoms with Crippen LogP contribution in [0.4, 0.5) is 0 Å². The van der Waals surface area contributed by atoms with Crippen molar-refractivity contribution < 1.29 is 0 Å². The fourth-order valence-corrected chi connectivity index (χ4v) is 1.57. The Bertz CT molecular complexity index is 369. The van der Waals surface area contributed by atoms with Crippen LogP contribution in [0.25, 0.3) is 11.4 Å². The average Bonchev–Trinajstić information content (AvgIpc) is 2.54. The van der Waals surface area contributed by atoms with Crippen molar-refractivity contribution in [1.29, 1.82) is 0 Å². The summed E-state index contributed by atoms with van der Waals surface area (Å²) < 4.78 is 4.16. The van der Waals surface area contributed by atoms with E-state index in [-0.39, 0.29) is 0 Å². The Morgan fingerprint density at radius 3 is 2.50 bits per heavy atom. The summed E-state index contributed by atoms with van der Waals surface area (Å²) in [6, 6.07) is 9.82. The zero-order valence-electron chi connectivity index (χ0n) is 6.34. The van der Waals surface area contributed by atoms with Crippen LogP contribution in [0.1, 0.15) is 0 Å². The van der Waals surface area contributed by atoms with Crippen LogP contribution in [-0.2, 0) is 0 Å². The number of nitrogen functional groups attached to an aromatic ring is 1. The highest BCUT2D eigenvalue weighted by Crippen LogP contribution is 2.16. The first-order valence-electron chi connectivity index (χ1n) is 3.52. The average molecular weight is 178 g/mol. The topological polar surface area (TPSA) is 51.8 Å². The van der Waals surface area contributed by atoms with E-state index < -0.39 is 10.9 Å². The molecular formula is C8H8N3S+. The number of benzene rings is 1. The molecule has 2 N–H and O–H groups in total. The molecule has 4 heteroatoms. The van der Waals surface area contributed by atoms with E-state index in [0.717, 1.165) is 11.4 Å². The van der Waals surface area contributed by atoms with Gasteiger partial charge in [0, 0.05) is 9.94 Å². The fraction of sp³-hybridized carbons (Fsp3) is 0. The van der Waals surface area contributed by atoms with Gasteiger partial charge >= 0.3 is 0 Å². The first-order chi connectivity index (χ1) is 5.86. The number of hydrogen-bond donors (Lipinski definition) is 1. The van der Waals surface area contributed by atoms with Gasteiger partial charge in [0.2, 0.25) is 16.7 Å². The van der Waals surface area contributed by atoms with Crippen LogP contribution in [0, 0.1) is 0 Å². The Labute approximate surface area is 73.2 Å². The molecule has 0 aliphatic rings. The number of hydrogen-bond acceptors (Lipinski definition) is 3. The van der Waals surface area contributed by atoms with E-state index in [2.05, 4.69) is 9.36 Å². The lowest BCUT2D eigenvalue weighted by Gasteiger charge is -1.88. The van der Waals surface area contributed by atoms with Crippen molar-refractivity contribution in [3.05, 3.63) is 35.8 Å². The minimum atomic E-state index is -0.507.